The molecule has 20 heavy (non-hydrogen) atoms. The van der Waals surface area contributed by atoms with Gasteiger partial charge in [-0.05, 0) is 35.0 Å². The summed E-state index contributed by atoms with van der Waals surface area (Å²) in [7, 11) is 0. The second-order valence-corrected chi connectivity index (χ2v) is 5.08. The molecule has 1 rings (SSSR count). The van der Waals surface area contributed by atoms with Gasteiger partial charge in [-0.2, -0.15) is 0 Å². The molecule has 0 aromatic heterocycles. The van der Waals surface area contributed by atoms with Crippen LogP contribution in [-0.2, 0) is 9.59 Å². The Labute approximate surface area is 124 Å². The molecule has 2 amide bonds. The molecule has 0 saturated carbocycles. The number of carbonyl (C=O) groups is 3. The average Bonchev–Trinajstić information content (AvgIpc) is 2.35. The van der Waals surface area contributed by atoms with Crippen LogP contribution in [0.4, 0.5) is 0 Å². The molecule has 1 unspecified atom stereocenters. The summed E-state index contributed by atoms with van der Waals surface area (Å²) in [6.45, 7) is 1.38. The van der Waals surface area contributed by atoms with Gasteiger partial charge in [-0.15, -0.1) is 0 Å². The molecule has 3 N–H and O–H groups in total. The molecule has 7 heteroatoms. The van der Waals surface area contributed by atoms with Crippen LogP contribution in [0.5, 0.6) is 0 Å². The second kappa shape index (κ2) is 7.64. The van der Waals surface area contributed by atoms with Crippen molar-refractivity contribution < 1.29 is 19.5 Å². The first kappa shape index (κ1) is 16.2. The van der Waals surface area contributed by atoms with E-state index in [1.54, 1.807) is 31.2 Å². The van der Waals surface area contributed by atoms with Gasteiger partial charge in [-0.1, -0.05) is 12.1 Å². The number of rotatable bonds is 6. The number of carbonyl (C=O) groups excluding carboxylic acids is 2. The van der Waals surface area contributed by atoms with Crippen molar-refractivity contribution in [2.24, 2.45) is 0 Å². The number of benzene rings is 1. The summed E-state index contributed by atoms with van der Waals surface area (Å²) in [5, 5.41) is 13.5. The van der Waals surface area contributed by atoms with Crippen LogP contribution in [0.1, 0.15) is 23.7 Å². The molecule has 0 spiro atoms. The van der Waals surface area contributed by atoms with Crippen LogP contribution in [0, 0.1) is 0 Å². The largest absolute Gasteiger partial charge is 0.481 e. The lowest BCUT2D eigenvalue weighted by atomic mass is 10.2. The number of halogens is 1. The van der Waals surface area contributed by atoms with Gasteiger partial charge in [-0.25, -0.2) is 0 Å². The summed E-state index contributed by atoms with van der Waals surface area (Å²) in [6, 6.07) is 6.37. The van der Waals surface area contributed by atoms with E-state index < -0.39 is 17.9 Å². The van der Waals surface area contributed by atoms with Crippen molar-refractivity contribution >= 4 is 33.7 Å². The fraction of sp³-hybridized carbons (Fsp3) is 0.308. The zero-order chi connectivity index (χ0) is 15.1. The van der Waals surface area contributed by atoms with E-state index in [1.165, 1.54) is 0 Å². The highest BCUT2D eigenvalue weighted by atomic mass is 79.9. The lowest BCUT2D eigenvalue weighted by molar-refractivity contribution is -0.137. The van der Waals surface area contributed by atoms with Crippen LogP contribution in [0.25, 0.3) is 0 Å². The van der Waals surface area contributed by atoms with Gasteiger partial charge in [0, 0.05) is 10.5 Å². The number of amides is 2. The number of carboxylic acids is 1. The van der Waals surface area contributed by atoms with Gasteiger partial charge in [0.2, 0.25) is 5.91 Å². The Morgan fingerprint density at radius 2 is 1.95 bits per heavy atom. The highest BCUT2D eigenvalue weighted by Crippen LogP contribution is 2.15. The quantitative estimate of drug-likeness (QED) is 0.722. The first-order valence-corrected chi connectivity index (χ1v) is 6.73. The normalized spacial score (nSPS) is 11.5. The Morgan fingerprint density at radius 1 is 1.30 bits per heavy atom. The summed E-state index contributed by atoms with van der Waals surface area (Å²) in [4.78, 5) is 33.8. The van der Waals surface area contributed by atoms with E-state index in [4.69, 9.17) is 5.11 Å². The first-order chi connectivity index (χ1) is 9.40. The number of hydrogen-bond acceptors (Lipinski definition) is 3. The molecular formula is C13H15BrN2O4. The molecule has 1 atom stereocenters. The zero-order valence-corrected chi connectivity index (χ0v) is 12.4. The van der Waals surface area contributed by atoms with Crippen LogP contribution in [0.3, 0.4) is 0 Å². The molecule has 1 aromatic carbocycles. The van der Waals surface area contributed by atoms with E-state index >= 15 is 0 Å². The number of nitrogens with one attached hydrogen (secondary N) is 2. The van der Waals surface area contributed by atoms with E-state index in [2.05, 4.69) is 26.6 Å². The molecule has 0 radical (unpaired) electrons. The molecule has 0 aliphatic heterocycles. The predicted molar refractivity (Wildman–Crippen MR) is 76.3 cm³/mol. The third kappa shape index (κ3) is 5.40. The van der Waals surface area contributed by atoms with Crippen molar-refractivity contribution in [3.63, 3.8) is 0 Å². The van der Waals surface area contributed by atoms with Gasteiger partial charge in [0.15, 0.2) is 0 Å². The molecule has 0 bridgehead atoms. The first-order valence-electron chi connectivity index (χ1n) is 5.94. The molecule has 0 saturated heterocycles. The number of aliphatic carboxylic acids is 1. The molecule has 1 aromatic rings. The third-order valence-electron chi connectivity index (χ3n) is 2.42. The monoisotopic (exact) mass is 342 g/mol. The second-order valence-electron chi connectivity index (χ2n) is 4.23. The van der Waals surface area contributed by atoms with Crippen LogP contribution < -0.4 is 10.6 Å². The lowest BCUT2D eigenvalue weighted by Crippen LogP contribution is -2.41. The minimum atomic E-state index is -0.991. The zero-order valence-electron chi connectivity index (χ0n) is 10.9. The van der Waals surface area contributed by atoms with Gasteiger partial charge in [0.05, 0.1) is 18.5 Å². The third-order valence-corrected chi connectivity index (χ3v) is 3.11. The molecule has 0 aliphatic rings. The van der Waals surface area contributed by atoms with Gasteiger partial charge in [0.25, 0.3) is 5.91 Å². The van der Waals surface area contributed by atoms with Crippen LogP contribution in [-0.4, -0.2) is 35.5 Å². The SMILES string of the molecule is CC(CC(=O)O)NC(=O)CNC(=O)c1ccccc1Br. The van der Waals surface area contributed by atoms with Crippen LogP contribution >= 0.6 is 15.9 Å². The van der Waals surface area contributed by atoms with Crippen molar-refractivity contribution in [3.05, 3.63) is 34.3 Å². The van der Waals surface area contributed by atoms with Gasteiger partial charge in [-0.3, -0.25) is 14.4 Å². The van der Waals surface area contributed by atoms with Gasteiger partial charge >= 0.3 is 5.97 Å². The Hall–Kier alpha value is -1.89. The summed E-state index contributed by atoms with van der Waals surface area (Å²) in [5.74, 6) is -1.80. The van der Waals surface area contributed by atoms with Crippen molar-refractivity contribution in [1.29, 1.82) is 0 Å². The molecule has 6 nitrogen and oxygen atoms in total. The van der Waals surface area contributed by atoms with Crippen molar-refractivity contribution in [3.8, 4) is 0 Å². The summed E-state index contributed by atoms with van der Waals surface area (Å²) >= 11 is 3.24. The maximum absolute atomic E-state index is 11.8. The van der Waals surface area contributed by atoms with Crippen molar-refractivity contribution in [1.82, 2.24) is 10.6 Å². The lowest BCUT2D eigenvalue weighted by Gasteiger charge is -2.12. The predicted octanol–water partition coefficient (Wildman–Crippen LogP) is 1.16. The molecule has 0 heterocycles. The number of carboxylic acid groups (broad SMARTS) is 1. The van der Waals surface area contributed by atoms with E-state index in [9.17, 15) is 14.4 Å². The standard InChI is InChI=1S/C13H15BrN2O4/c1-8(6-12(18)19)16-11(17)7-15-13(20)9-4-2-3-5-10(9)14/h2-5,8H,6-7H2,1H3,(H,15,20)(H,16,17)(H,18,19). The van der Waals surface area contributed by atoms with Gasteiger partial charge < -0.3 is 15.7 Å². The molecule has 0 fully saturated rings. The fourth-order valence-corrected chi connectivity index (χ4v) is 2.00. The Morgan fingerprint density at radius 3 is 2.55 bits per heavy atom. The molecule has 108 valence electrons. The fourth-order valence-electron chi connectivity index (χ4n) is 1.54. The maximum atomic E-state index is 11.8. The minimum Gasteiger partial charge on any atom is -0.481 e. The van der Waals surface area contributed by atoms with Crippen LogP contribution in [0.15, 0.2) is 28.7 Å². The molecule has 0 aliphatic carbocycles. The van der Waals surface area contributed by atoms with E-state index in [-0.39, 0.29) is 18.9 Å². The topological polar surface area (TPSA) is 95.5 Å². The Kier molecular flexibility index (Phi) is 6.17. The van der Waals surface area contributed by atoms with Crippen molar-refractivity contribution in [2.45, 2.75) is 19.4 Å². The Bertz CT molecular complexity index is 519. The highest BCUT2D eigenvalue weighted by Gasteiger charge is 2.13. The smallest absolute Gasteiger partial charge is 0.305 e. The van der Waals surface area contributed by atoms with E-state index in [0.29, 0.717) is 10.0 Å². The summed E-state index contributed by atoms with van der Waals surface area (Å²) in [6.07, 6.45) is -0.163. The number of hydrogen-bond donors (Lipinski definition) is 3. The summed E-state index contributed by atoms with van der Waals surface area (Å²) < 4.78 is 0.636. The van der Waals surface area contributed by atoms with Gasteiger partial charge in [0.1, 0.15) is 0 Å². The van der Waals surface area contributed by atoms with E-state index in [0.717, 1.165) is 0 Å². The Balaban J connectivity index is 2.43. The van der Waals surface area contributed by atoms with Crippen molar-refractivity contribution in [2.75, 3.05) is 6.54 Å². The highest BCUT2D eigenvalue weighted by molar-refractivity contribution is 9.10. The van der Waals surface area contributed by atoms with E-state index in [1.807, 2.05) is 0 Å². The molecular weight excluding hydrogens is 328 g/mol. The summed E-state index contributed by atoms with van der Waals surface area (Å²) in [5.41, 5.74) is 0.430. The maximum Gasteiger partial charge on any atom is 0.305 e. The minimum absolute atomic E-state index is 0.163. The van der Waals surface area contributed by atoms with Crippen LogP contribution in [0.2, 0.25) is 0 Å². The average molecular weight is 343 g/mol.